The zero-order valence-electron chi connectivity index (χ0n) is 10.4. The molecule has 0 amide bonds. The minimum Gasteiger partial charge on any atom is -0.390 e. The molecule has 2 rings (SSSR count). The monoisotopic (exact) mass is 226 g/mol. The molecule has 94 valence electrons. The van der Waals surface area contributed by atoms with Crippen LogP contribution in [-0.2, 0) is 4.74 Å². The Kier molecular flexibility index (Phi) is 5.11. The van der Waals surface area contributed by atoms with Crippen molar-refractivity contribution in [3.05, 3.63) is 0 Å². The van der Waals surface area contributed by atoms with Crippen LogP contribution in [0.1, 0.15) is 57.8 Å². The molecule has 2 aliphatic carbocycles. The molecule has 0 aromatic rings. The lowest BCUT2D eigenvalue weighted by atomic mass is 9.85. The highest BCUT2D eigenvalue weighted by atomic mass is 16.5. The van der Waals surface area contributed by atoms with Crippen LogP contribution in [0.15, 0.2) is 0 Å². The van der Waals surface area contributed by atoms with Crippen molar-refractivity contribution < 1.29 is 9.84 Å². The first-order valence-corrected chi connectivity index (χ1v) is 7.12. The fraction of sp³-hybridized carbons (Fsp3) is 1.00. The van der Waals surface area contributed by atoms with Crippen molar-refractivity contribution in [3.63, 3.8) is 0 Å². The second-order valence-corrected chi connectivity index (χ2v) is 5.65. The summed E-state index contributed by atoms with van der Waals surface area (Å²) in [7, 11) is 0. The molecule has 1 N–H and O–H groups in total. The van der Waals surface area contributed by atoms with Crippen LogP contribution in [-0.4, -0.2) is 24.4 Å². The number of aliphatic hydroxyl groups is 1. The normalized spacial score (nSPS) is 26.1. The van der Waals surface area contributed by atoms with E-state index in [-0.39, 0.29) is 6.10 Å². The Morgan fingerprint density at radius 3 is 2.25 bits per heavy atom. The molecule has 2 nitrogen and oxygen atoms in total. The van der Waals surface area contributed by atoms with Crippen LogP contribution in [0.2, 0.25) is 0 Å². The standard InChI is InChI=1S/C14H26O2/c15-14(13-8-2-1-3-9-13)11-16-10-12-6-4-5-7-12/h12-15H,1-11H2. The van der Waals surface area contributed by atoms with Crippen LogP contribution < -0.4 is 0 Å². The highest BCUT2D eigenvalue weighted by Gasteiger charge is 2.22. The molecular weight excluding hydrogens is 200 g/mol. The van der Waals surface area contributed by atoms with Crippen LogP contribution in [0.5, 0.6) is 0 Å². The van der Waals surface area contributed by atoms with Crippen LogP contribution in [0.25, 0.3) is 0 Å². The van der Waals surface area contributed by atoms with Gasteiger partial charge < -0.3 is 9.84 Å². The summed E-state index contributed by atoms with van der Waals surface area (Å²) in [4.78, 5) is 0. The van der Waals surface area contributed by atoms with Crippen LogP contribution in [0, 0.1) is 11.8 Å². The van der Waals surface area contributed by atoms with Gasteiger partial charge in [0.15, 0.2) is 0 Å². The molecular formula is C14H26O2. The van der Waals surface area contributed by atoms with E-state index >= 15 is 0 Å². The number of hydrogen-bond acceptors (Lipinski definition) is 2. The third-order valence-corrected chi connectivity index (χ3v) is 4.31. The lowest BCUT2D eigenvalue weighted by molar-refractivity contribution is -0.0143. The first-order valence-electron chi connectivity index (χ1n) is 7.12. The molecule has 16 heavy (non-hydrogen) atoms. The molecule has 0 aliphatic heterocycles. The first kappa shape index (κ1) is 12.4. The minimum atomic E-state index is -0.207. The Balaban J connectivity index is 1.57. The fourth-order valence-corrected chi connectivity index (χ4v) is 3.19. The third-order valence-electron chi connectivity index (χ3n) is 4.31. The Bertz CT molecular complexity index is 181. The van der Waals surface area contributed by atoms with Gasteiger partial charge >= 0.3 is 0 Å². The molecule has 1 atom stereocenters. The van der Waals surface area contributed by atoms with E-state index in [1.54, 1.807) is 0 Å². The van der Waals surface area contributed by atoms with Gasteiger partial charge in [-0.2, -0.15) is 0 Å². The highest BCUT2D eigenvalue weighted by Crippen LogP contribution is 2.27. The summed E-state index contributed by atoms with van der Waals surface area (Å²) in [6.45, 7) is 1.45. The maximum absolute atomic E-state index is 10.0. The van der Waals surface area contributed by atoms with Gasteiger partial charge in [0, 0.05) is 6.61 Å². The molecule has 0 heterocycles. The molecule has 0 aromatic carbocycles. The molecule has 0 radical (unpaired) electrons. The van der Waals surface area contributed by atoms with Crippen LogP contribution in [0.4, 0.5) is 0 Å². The minimum absolute atomic E-state index is 0.207. The van der Waals surface area contributed by atoms with Crippen molar-refractivity contribution in [3.8, 4) is 0 Å². The van der Waals surface area contributed by atoms with E-state index in [1.165, 1.54) is 57.8 Å². The summed E-state index contributed by atoms with van der Waals surface area (Å²) >= 11 is 0. The van der Waals surface area contributed by atoms with E-state index < -0.39 is 0 Å². The second-order valence-electron chi connectivity index (χ2n) is 5.65. The van der Waals surface area contributed by atoms with Crippen molar-refractivity contribution in [2.45, 2.75) is 63.9 Å². The predicted octanol–water partition coefficient (Wildman–Crippen LogP) is 3.13. The quantitative estimate of drug-likeness (QED) is 0.780. The zero-order chi connectivity index (χ0) is 11.2. The largest absolute Gasteiger partial charge is 0.390 e. The van der Waals surface area contributed by atoms with Crippen LogP contribution >= 0.6 is 0 Å². The molecule has 2 heteroatoms. The lowest BCUT2D eigenvalue weighted by Crippen LogP contribution is -2.28. The predicted molar refractivity (Wildman–Crippen MR) is 65.4 cm³/mol. The zero-order valence-corrected chi connectivity index (χ0v) is 10.4. The third kappa shape index (κ3) is 3.74. The van der Waals surface area contributed by atoms with Crippen molar-refractivity contribution in [1.29, 1.82) is 0 Å². The molecule has 2 fully saturated rings. The smallest absolute Gasteiger partial charge is 0.0801 e. The van der Waals surface area contributed by atoms with Gasteiger partial charge in [0.2, 0.25) is 0 Å². The summed E-state index contributed by atoms with van der Waals surface area (Å²) in [5, 5.41) is 10.0. The molecule has 1 unspecified atom stereocenters. The van der Waals surface area contributed by atoms with Crippen molar-refractivity contribution in [2.75, 3.05) is 13.2 Å². The van der Waals surface area contributed by atoms with Gasteiger partial charge in [0.25, 0.3) is 0 Å². The van der Waals surface area contributed by atoms with E-state index in [9.17, 15) is 5.11 Å². The fourth-order valence-electron chi connectivity index (χ4n) is 3.19. The number of hydrogen-bond donors (Lipinski definition) is 1. The summed E-state index contributed by atoms with van der Waals surface area (Å²) in [6.07, 6.45) is 11.6. The van der Waals surface area contributed by atoms with Crippen molar-refractivity contribution >= 4 is 0 Å². The maximum Gasteiger partial charge on any atom is 0.0801 e. The molecule has 0 aromatic heterocycles. The van der Waals surface area contributed by atoms with Gasteiger partial charge in [-0.05, 0) is 37.5 Å². The second kappa shape index (κ2) is 6.61. The van der Waals surface area contributed by atoms with Crippen molar-refractivity contribution in [2.24, 2.45) is 11.8 Å². The Hall–Kier alpha value is -0.0800. The topological polar surface area (TPSA) is 29.5 Å². The van der Waals surface area contributed by atoms with Crippen molar-refractivity contribution in [1.82, 2.24) is 0 Å². The Morgan fingerprint density at radius 2 is 1.56 bits per heavy atom. The number of aliphatic hydroxyl groups excluding tert-OH is 1. The Labute approximate surface area is 99.4 Å². The molecule has 0 spiro atoms. The van der Waals surface area contributed by atoms with E-state index in [0.717, 1.165) is 12.5 Å². The summed E-state index contributed by atoms with van der Waals surface area (Å²) in [5.41, 5.74) is 0. The number of rotatable bonds is 5. The summed E-state index contributed by atoms with van der Waals surface area (Å²) < 4.78 is 5.68. The average molecular weight is 226 g/mol. The van der Waals surface area contributed by atoms with Gasteiger partial charge in [0.05, 0.1) is 12.7 Å². The molecule has 0 saturated heterocycles. The number of ether oxygens (including phenoxy) is 1. The SMILES string of the molecule is OC(COCC1CCCC1)C1CCCCC1. The van der Waals surface area contributed by atoms with E-state index in [0.29, 0.717) is 12.5 Å². The van der Waals surface area contributed by atoms with E-state index in [1.807, 2.05) is 0 Å². The lowest BCUT2D eigenvalue weighted by Gasteiger charge is -2.26. The first-order chi connectivity index (χ1) is 7.86. The Morgan fingerprint density at radius 1 is 0.938 bits per heavy atom. The maximum atomic E-state index is 10.0. The average Bonchev–Trinajstić information content (AvgIpc) is 2.83. The van der Waals surface area contributed by atoms with Gasteiger partial charge in [-0.3, -0.25) is 0 Å². The van der Waals surface area contributed by atoms with Gasteiger partial charge in [-0.15, -0.1) is 0 Å². The van der Waals surface area contributed by atoms with Gasteiger partial charge in [-0.1, -0.05) is 32.1 Å². The molecule has 0 bridgehead atoms. The van der Waals surface area contributed by atoms with E-state index in [2.05, 4.69) is 0 Å². The van der Waals surface area contributed by atoms with Gasteiger partial charge in [0.1, 0.15) is 0 Å². The molecule has 2 aliphatic rings. The van der Waals surface area contributed by atoms with E-state index in [4.69, 9.17) is 4.74 Å². The molecule has 2 saturated carbocycles. The summed E-state index contributed by atoms with van der Waals surface area (Å²) in [6, 6.07) is 0. The van der Waals surface area contributed by atoms with Crippen LogP contribution in [0.3, 0.4) is 0 Å². The van der Waals surface area contributed by atoms with Gasteiger partial charge in [-0.25, -0.2) is 0 Å². The summed E-state index contributed by atoms with van der Waals surface area (Å²) in [5.74, 6) is 1.29. The highest BCUT2D eigenvalue weighted by molar-refractivity contribution is 4.73.